The van der Waals surface area contributed by atoms with E-state index in [0.717, 1.165) is 22.4 Å². The summed E-state index contributed by atoms with van der Waals surface area (Å²) in [5.41, 5.74) is 5.76. The fourth-order valence-electron chi connectivity index (χ4n) is 2.05. The van der Waals surface area contributed by atoms with Gasteiger partial charge in [-0.1, -0.05) is 6.07 Å². The first-order valence-electron chi connectivity index (χ1n) is 6.49. The Hall–Kier alpha value is -2.48. The highest BCUT2D eigenvalue weighted by atomic mass is 32.1. The van der Waals surface area contributed by atoms with Gasteiger partial charge in [0.25, 0.3) is 0 Å². The summed E-state index contributed by atoms with van der Waals surface area (Å²) >= 11 is 1.35. The van der Waals surface area contributed by atoms with Crippen LogP contribution in [-0.4, -0.2) is 5.84 Å². The number of hydrogen-bond acceptors (Lipinski definition) is 4. The van der Waals surface area contributed by atoms with Gasteiger partial charge in [0.2, 0.25) is 5.76 Å². The molecule has 3 aromatic rings. The smallest absolute Gasteiger partial charge is 0.449 e. The van der Waals surface area contributed by atoms with Crippen molar-refractivity contribution in [2.45, 2.75) is 12.8 Å². The third kappa shape index (κ3) is 3.16. The van der Waals surface area contributed by atoms with Crippen molar-refractivity contribution in [2.75, 3.05) is 0 Å². The zero-order valence-corrected chi connectivity index (χ0v) is 12.4. The van der Waals surface area contributed by atoms with Crippen molar-refractivity contribution < 1.29 is 22.3 Å². The average molecular weight is 340 g/mol. The number of amidine groups is 1. The summed E-state index contributed by atoms with van der Waals surface area (Å²) in [6, 6.07) is 7.99. The summed E-state index contributed by atoms with van der Waals surface area (Å²) in [6.45, 7) is -0.0516. The Labute approximate surface area is 132 Å². The Bertz CT molecular complexity index is 867. The lowest BCUT2D eigenvalue weighted by molar-refractivity contribution is -0.153. The van der Waals surface area contributed by atoms with Gasteiger partial charge in [0.05, 0.1) is 11.1 Å². The second-order valence-electron chi connectivity index (χ2n) is 4.80. The highest BCUT2D eigenvalue weighted by Gasteiger charge is 2.34. The van der Waals surface area contributed by atoms with E-state index in [4.69, 9.17) is 15.9 Å². The fourth-order valence-corrected chi connectivity index (χ4v) is 2.99. The molecule has 8 heteroatoms. The van der Waals surface area contributed by atoms with E-state index in [2.05, 4.69) is 4.42 Å². The Balaban J connectivity index is 1.82. The Morgan fingerprint density at radius 1 is 1.30 bits per heavy atom. The molecule has 0 amide bonds. The number of alkyl halides is 3. The van der Waals surface area contributed by atoms with Gasteiger partial charge in [0.15, 0.2) is 0 Å². The topological polar surface area (TPSA) is 72.2 Å². The van der Waals surface area contributed by atoms with Gasteiger partial charge in [-0.3, -0.25) is 5.41 Å². The minimum Gasteiger partial charge on any atom is -0.488 e. The van der Waals surface area contributed by atoms with Crippen LogP contribution in [0.3, 0.4) is 0 Å². The van der Waals surface area contributed by atoms with E-state index in [0.29, 0.717) is 10.6 Å². The monoisotopic (exact) mass is 340 g/mol. The maximum absolute atomic E-state index is 12.5. The van der Waals surface area contributed by atoms with Crippen LogP contribution in [0.4, 0.5) is 13.2 Å². The molecule has 4 nitrogen and oxygen atoms in total. The van der Waals surface area contributed by atoms with Crippen LogP contribution >= 0.6 is 11.3 Å². The Kier molecular flexibility index (Phi) is 3.77. The van der Waals surface area contributed by atoms with Crippen molar-refractivity contribution in [1.29, 1.82) is 5.41 Å². The van der Waals surface area contributed by atoms with Gasteiger partial charge in [-0.15, -0.1) is 11.3 Å². The van der Waals surface area contributed by atoms with E-state index in [1.54, 1.807) is 18.2 Å². The normalized spacial score (nSPS) is 11.8. The summed E-state index contributed by atoms with van der Waals surface area (Å²) in [6.07, 6.45) is -3.49. The number of nitrogens with two attached hydrogens (primary N) is 1. The number of rotatable bonds is 4. The van der Waals surface area contributed by atoms with Gasteiger partial charge in [-0.2, -0.15) is 13.2 Å². The van der Waals surface area contributed by atoms with Crippen LogP contribution in [0.15, 0.2) is 41.0 Å². The van der Waals surface area contributed by atoms with E-state index in [-0.39, 0.29) is 18.0 Å². The molecular formula is C15H11F3N2O2S. The first-order valence-corrected chi connectivity index (χ1v) is 7.30. The molecule has 0 aliphatic heterocycles. The highest BCUT2D eigenvalue weighted by Crippen LogP contribution is 2.34. The van der Waals surface area contributed by atoms with E-state index < -0.39 is 11.9 Å². The number of hydrogen-bond donors (Lipinski definition) is 2. The van der Waals surface area contributed by atoms with Crippen LogP contribution in [0.1, 0.15) is 16.2 Å². The molecule has 0 saturated carbocycles. The molecule has 0 bridgehead atoms. The van der Waals surface area contributed by atoms with E-state index in [9.17, 15) is 13.2 Å². The molecule has 0 fully saturated rings. The predicted molar refractivity (Wildman–Crippen MR) is 80.9 cm³/mol. The number of ether oxygens (including phenoxy) is 1. The molecule has 0 atom stereocenters. The second-order valence-corrected chi connectivity index (χ2v) is 5.88. The van der Waals surface area contributed by atoms with Crippen LogP contribution in [0.5, 0.6) is 5.75 Å². The van der Waals surface area contributed by atoms with Crippen molar-refractivity contribution in [3.63, 3.8) is 0 Å². The molecule has 0 spiro atoms. The largest absolute Gasteiger partial charge is 0.488 e. The number of nitrogen functional groups attached to an aromatic ring is 1. The zero-order chi connectivity index (χ0) is 16.6. The highest BCUT2D eigenvalue weighted by molar-refractivity contribution is 7.20. The molecular weight excluding hydrogens is 329 g/mol. The molecule has 3 rings (SSSR count). The van der Waals surface area contributed by atoms with Crippen molar-refractivity contribution in [3.8, 4) is 5.75 Å². The van der Waals surface area contributed by atoms with Gasteiger partial charge in [-0.25, -0.2) is 0 Å². The summed E-state index contributed by atoms with van der Waals surface area (Å²) < 4.78 is 48.4. The van der Waals surface area contributed by atoms with Crippen LogP contribution in [0.25, 0.3) is 10.1 Å². The van der Waals surface area contributed by atoms with Gasteiger partial charge in [0, 0.05) is 15.6 Å². The molecule has 2 aromatic heterocycles. The molecule has 23 heavy (non-hydrogen) atoms. The van der Waals surface area contributed by atoms with E-state index in [1.807, 2.05) is 6.07 Å². The molecule has 0 radical (unpaired) electrons. The van der Waals surface area contributed by atoms with Crippen molar-refractivity contribution in [1.82, 2.24) is 0 Å². The molecule has 120 valence electrons. The van der Waals surface area contributed by atoms with Gasteiger partial charge < -0.3 is 14.9 Å². The lowest BCUT2D eigenvalue weighted by Crippen LogP contribution is -2.08. The van der Waals surface area contributed by atoms with Crippen LogP contribution in [0.2, 0.25) is 0 Å². The summed E-state index contributed by atoms with van der Waals surface area (Å²) in [7, 11) is 0. The quantitative estimate of drug-likeness (QED) is 0.547. The van der Waals surface area contributed by atoms with Gasteiger partial charge in [-0.05, 0) is 24.3 Å². The minimum atomic E-state index is -4.51. The van der Waals surface area contributed by atoms with E-state index in [1.165, 1.54) is 11.3 Å². The number of thiophene rings is 1. The summed E-state index contributed by atoms with van der Waals surface area (Å²) in [5, 5.41) is 8.23. The first kappa shape index (κ1) is 15.4. The molecule has 0 saturated heterocycles. The number of fused-ring (bicyclic) bond motifs is 1. The van der Waals surface area contributed by atoms with Crippen LogP contribution < -0.4 is 10.5 Å². The Morgan fingerprint density at radius 2 is 2.09 bits per heavy atom. The van der Waals surface area contributed by atoms with Gasteiger partial charge in [0.1, 0.15) is 18.2 Å². The summed E-state index contributed by atoms with van der Waals surface area (Å²) in [5.74, 6) is -0.577. The Morgan fingerprint density at radius 3 is 2.74 bits per heavy atom. The molecule has 2 heterocycles. The number of halogens is 3. The molecule has 0 aliphatic carbocycles. The summed E-state index contributed by atoms with van der Waals surface area (Å²) in [4.78, 5) is 0.610. The van der Waals surface area contributed by atoms with Gasteiger partial charge >= 0.3 is 6.18 Å². The first-order chi connectivity index (χ1) is 10.8. The molecule has 1 aromatic carbocycles. The molecule has 0 unspecified atom stereocenters. The molecule has 0 aliphatic rings. The number of nitrogens with one attached hydrogen (secondary N) is 1. The third-order valence-electron chi connectivity index (χ3n) is 3.11. The van der Waals surface area contributed by atoms with E-state index >= 15 is 0 Å². The van der Waals surface area contributed by atoms with Crippen molar-refractivity contribution in [3.05, 3.63) is 52.8 Å². The predicted octanol–water partition coefficient (Wildman–Crippen LogP) is 4.38. The van der Waals surface area contributed by atoms with Crippen LogP contribution in [-0.2, 0) is 12.8 Å². The van der Waals surface area contributed by atoms with Crippen molar-refractivity contribution in [2.24, 2.45) is 5.73 Å². The van der Waals surface area contributed by atoms with Crippen LogP contribution in [0, 0.1) is 5.41 Å². The second kappa shape index (κ2) is 5.62. The van der Waals surface area contributed by atoms with Crippen molar-refractivity contribution >= 4 is 27.3 Å². The number of furan rings is 1. The lowest BCUT2D eigenvalue weighted by atomic mass is 10.2. The fraction of sp³-hybridized carbons (Fsp3) is 0.133. The SMILES string of the molecule is N=C(N)c1cc2c(OCc3coc(C(F)(F)F)c3)cccc2s1. The third-order valence-corrected chi connectivity index (χ3v) is 4.25. The maximum Gasteiger partial charge on any atom is 0.449 e. The molecule has 3 N–H and O–H groups in total. The number of benzene rings is 1. The average Bonchev–Trinajstić information content (AvgIpc) is 3.11. The standard InChI is InChI=1S/C15H11F3N2O2S/c16-15(17,18)13-4-8(7-22-13)6-21-10-2-1-3-11-9(10)5-12(23-11)14(19)20/h1-5,7H,6H2,(H3,19,20). The lowest BCUT2D eigenvalue weighted by Gasteiger charge is -2.05. The maximum atomic E-state index is 12.5. The zero-order valence-electron chi connectivity index (χ0n) is 11.6. The minimum absolute atomic E-state index is 0.0400.